The number of furan rings is 1. The van der Waals surface area contributed by atoms with Crippen LogP contribution in [-0.4, -0.2) is 21.8 Å². The number of pyridine rings is 1. The monoisotopic (exact) mass is 245 g/mol. The van der Waals surface area contributed by atoms with Crippen molar-refractivity contribution in [3.8, 4) is 0 Å². The van der Waals surface area contributed by atoms with Crippen molar-refractivity contribution in [1.29, 1.82) is 0 Å². The Morgan fingerprint density at radius 2 is 2.17 bits per heavy atom. The minimum atomic E-state index is -1.04. The number of nitrogens with zero attached hydrogens (tertiary/aromatic N) is 1. The van der Waals surface area contributed by atoms with E-state index in [-0.39, 0.29) is 18.0 Å². The molecule has 2 heterocycles. The molecular formula is C13H11NO4. The predicted molar refractivity (Wildman–Crippen MR) is 62.3 cm³/mol. The average Bonchev–Trinajstić information content (AvgIpc) is 2.90. The third kappa shape index (κ3) is 2.63. The lowest BCUT2D eigenvalue weighted by Crippen LogP contribution is -2.16. The van der Waals surface area contributed by atoms with E-state index in [1.807, 2.05) is 0 Å². The first kappa shape index (κ1) is 12.0. The van der Waals surface area contributed by atoms with Crippen LogP contribution in [0.5, 0.6) is 0 Å². The molecule has 5 heteroatoms. The molecule has 0 aliphatic rings. The van der Waals surface area contributed by atoms with Crippen LogP contribution in [-0.2, 0) is 4.79 Å². The maximum atomic E-state index is 12.2. The highest BCUT2D eigenvalue weighted by Crippen LogP contribution is 2.24. The van der Waals surface area contributed by atoms with Crippen molar-refractivity contribution in [2.75, 3.05) is 0 Å². The highest BCUT2D eigenvalue weighted by atomic mass is 16.4. The van der Waals surface area contributed by atoms with Gasteiger partial charge in [-0.05, 0) is 23.8 Å². The number of hydrogen-bond acceptors (Lipinski definition) is 4. The molecule has 0 aliphatic carbocycles. The van der Waals surface area contributed by atoms with E-state index in [1.165, 1.54) is 18.5 Å². The van der Waals surface area contributed by atoms with Gasteiger partial charge in [-0.15, -0.1) is 0 Å². The molecule has 92 valence electrons. The molecule has 5 nitrogen and oxygen atoms in total. The number of carbonyl (C=O) groups excluding carboxylic acids is 1. The van der Waals surface area contributed by atoms with Gasteiger partial charge in [-0.2, -0.15) is 0 Å². The standard InChI is InChI=1S/C13H11NO4/c15-12(16)7-10(9-3-1-5-14-8-9)13(17)11-4-2-6-18-11/h1-6,8,10H,7H2,(H,15,16). The molecule has 2 aromatic heterocycles. The number of aromatic nitrogens is 1. The van der Waals surface area contributed by atoms with Crippen molar-refractivity contribution in [3.63, 3.8) is 0 Å². The summed E-state index contributed by atoms with van der Waals surface area (Å²) in [7, 11) is 0. The molecule has 0 spiro atoms. The second kappa shape index (κ2) is 5.27. The normalized spacial score (nSPS) is 12.0. The number of carboxylic acids is 1. The average molecular weight is 245 g/mol. The van der Waals surface area contributed by atoms with Gasteiger partial charge in [-0.3, -0.25) is 14.6 Å². The van der Waals surface area contributed by atoms with Crippen LogP contribution >= 0.6 is 0 Å². The summed E-state index contributed by atoms with van der Waals surface area (Å²) < 4.78 is 5.02. The fraction of sp³-hybridized carbons (Fsp3) is 0.154. The van der Waals surface area contributed by atoms with Crippen LogP contribution in [0.4, 0.5) is 0 Å². The number of rotatable bonds is 5. The van der Waals surface area contributed by atoms with Crippen molar-refractivity contribution in [2.45, 2.75) is 12.3 Å². The van der Waals surface area contributed by atoms with Crippen molar-refractivity contribution < 1.29 is 19.1 Å². The molecule has 0 aliphatic heterocycles. The van der Waals surface area contributed by atoms with Gasteiger partial charge in [0.2, 0.25) is 5.78 Å². The van der Waals surface area contributed by atoms with E-state index in [4.69, 9.17) is 9.52 Å². The summed E-state index contributed by atoms with van der Waals surface area (Å²) in [5, 5.41) is 8.89. The van der Waals surface area contributed by atoms with Gasteiger partial charge in [0.25, 0.3) is 0 Å². The summed E-state index contributed by atoms with van der Waals surface area (Å²) >= 11 is 0. The fourth-order valence-electron chi connectivity index (χ4n) is 1.71. The van der Waals surface area contributed by atoms with Crippen LogP contribution in [0.2, 0.25) is 0 Å². The minimum absolute atomic E-state index is 0.158. The minimum Gasteiger partial charge on any atom is -0.481 e. The van der Waals surface area contributed by atoms with Gasteiger partial charge in [-0.25, -0.2) is 0 Å². The molecule has 0 bridgehead atoms. The molecule has 1 atom stereocenters. The van der Waals surface area contributed by atoms with Crippen LogP contribution in [0, 0.1) is 0 Å². The van der Waals surface area contributed by atoms with Crippen molar-refractivity contribution in [3.05, 3.63) is 54.2 Å². The molecule has 0 radical (unpaired) electrons. The number of carboxylic acid groups (broad SMARTS) is 1. The molecule has 0 saturated heterocycles. The maximum Gasteiger partial charge on any atom is 0.304 e. The smallest absolute Gasteiger partial charge is 0.304 e. The molecule has 0 saturated carbocycles. The van der Waals surface area contributed by atoms with Gasteiger partial charge >= 0.3 is 5.97 Å². The first-order chi connectivity index (χ1) is 8.68. The first-order valence-corrected chi connectivity index (χ1v) is 5.38. The molecule has 2 aromatic rings. The van der Waals surface area contributed by atoms with Gasteiger partial charge in [0.05, 0.1) is 18.6 Å². The third-order valence-electron chi connectivity index (χ3n) is 2.55. The highest BCUT2D eigenvalue weighted by Gasteiger charge is 2.26. The van der Waals surface area contributed by atoms with Crippen LogP contribution in [0.15, 0.2) is 47.3 Å². The molecular weight excluding hydrogens is 234 g/mol. The maximum absolute atomic E-state index is 12.2. The summed E-state index contributed by atoms with van der Waals surface area (Å²) in [5.74, 6) is -2.01. The number of hydrogen-bond donors (Lipinski definition) is 1. The lowest BCUT2D eigenvalue weighted by atomic mass is 9.91. The summed E-state index contributed by atoms with van der Waals surface area (Å²) in [6, 6.07) is 6.46. The topological polar surface area (TPSA) is 80.4 Å². The summed E-state index contributed by atoms with van der Waals surface area (Å²) in [6.07, 6.45) is 4.16. The van der Waals surface area contributed by atoms with Crippen molar-refractivity contribution in [2.24, 2.45) is 0 Å². The quantitative estimate of drug-likeness (QED) is 0.816. The molecule has 1 unspecified atom stereocenters. The lowest BCUT2D eigenvalue weighted by Gasteiger charge is -2.11. The predicted octanol–water partition coefficient (Wildman–Crippen LogP) is 2.12. The first-order valence-electron chi connectivity index (χ1n) is 5.38. The Hall–Kier alpha value is -2.43. The lowest BCUT2D eigenvalue weighted by molar-refractivity contribution is -0.137. The zero-order valence-corrected chi connectivity index (χ0v) is 9.45. The van der Waals surface area contributed by atoms with Gasteiger partial charge in [0.15, 0.2) is 5.76 Å². The van der Waals surface area contributed by atoms with E-state index in [2.05, 4.69) is 4.98 Å². The second-order valence-corrected chi connectivity index (χ2v) is 3.78. The highest BCUT2D eigenvalue weighted by molar-refractivity contribution is 6.00. The summed E-state index contributed by atoms with van der Waals surface area (Å²) in [6.45, 7) is 0. The Balaban J connectivity index is 2.31. The Morgan fingerprint density at radius 3 is 2.72 bits per heavy atom. The van der Waals surface area contributed by atoms with Gasteiger partial charge in [0.1, 0.15) is 0 Å². The Morgan fingerprint density at radius 1 is 1.33 bits per heavy atom. The van der Waals surface area contributed by atoms with E-state index in [0.29, 0.717) is 5.56 Å². The Labute approximate surface area is 103 Å². The van der Waals surface area contributed by atoms with E-state index in [1.54, 1.807) is 24.4 Å². The number of aliphatic carboxylic acids is 1. The third-order valence-corrected chi connectivity index (χ3v) is 2.55. The van der Waals surface area contributed by atoms with Gasteiger partial charge in [0, 0.05) is 12.4 Å². The Kier molecular flexibility index (Phi) is 3.52. The van der Waals surface area contributed by atoms with Crippen molar-refractivity contribution in [1.82, 2.24) is 4.98 Å². The number of Topliss-reactive ketones (excluding diaryl/α,β-unsaturated/α-hetero) is 1. The molecule has 18 heavy (non-hydrogen) atoms. The van der Waals surface area contributed by atoms with Crippen LogP contribution in [0.25, 0.3) is 0 Å². The van der Waals surface area contributed by atoms with Crippen LogP contribution in [0.3, 0.4) is 0 Å². The summed E-state index contributed by atoms with van der Waals surface area (Å²) in [5.41, 5.74) is 0.571. The van der Waals surface area contributed by atoms with E-state index in [9.17, 15) is 9.59 Å². The van der Waals surface area contributed by atoms with Crippen LogP contribution in [0.1, 0.15) is 28.5 Å². The number of ketones is 1. The zero-order chi connectivity index (χ0) is 13.0. The largest absolute Gasteiger partial charge is 0.481 e. The van der Waals surface area contributed by atoms with Crippen LogP contribution < -0.4 is 0 Å². The molecule has 2 rings (SSSR count). The van der Waals surface area contributed by atoms with Crippen molar-refractivity contribution >= 4 is 11.8 Å². The van der Waals surface area contributed by atoms with Gasteiger partial charge < -0.3 is 9.52 Å². The van der Waals surface area contributed by atoms with E-state index < -0.39 is 11.9 Å². The number of carbonyl (C=O) groups is 2. The van der Waals surface area contributed by atoms with Gasteiger partial charge in [-0.1, -0.05) is 6.07 Å². The molecule has 1 N–H and O–H groups in total. The summed E-state index contributed by atoms with van der Waals surface area (Å²) in [4.78, 5) is 26.9. The van der Waals surface area contributed by atoms with E-state index >= 15 is 0 Å². The SMILES string of the molecule is O=C(O)CC(C(=O)c1ccco1)c1cccnc1. The molecule has 0 aromatic carbocycles. The Bertz CT molecular complexity index is 533. The molecule has 0 fully saturated rings. The van der Waals surface area contributed by atoms with E-state index in [0.717, 1.165) is 0 Å². The molecule has 0 amide bonds. The fourth-order valence-corrected chi connectivity index (χ4v) is 1.71. The second-order valence-electron chi connectivity index (χ2n) is 3.78. The zero-order valence-electron chi connectivity index (χ0n) is 9.45.